The summed E-state index contributed by atoms with van der Waals surface area (Å²) >= 11 is 0. The third kappa shape index (κ3) is 5.96. The van der Waals surface area contributed by atoms with E-state index in [1.165, 1.54) is 11.1 Å². The first-order valence-electron chi connectivity index (χ1n) is 12.2. The van der Waals surface area contributed by atoms with E-state index in [1.54, 1.807) is 42.1 Å². The van der Waals surface area contributed by atoms with Crippen LogP contribution in [-0.2, 0) is 11.3 Å². The fraction of sp³-hybridized carbons (Fsp3) is 0.233. The number of carbonyl (C=O) groups is 1. The molecule has 4 rings (SSSR count). The lowest BCUT2D eigenvalue weighted by molar-refractivity contribution is -0.130. The number of aliphatic imine (C=N–C) groups is 1. The summed E-state index contributed by atoms with van der Waals surface area (Å²) in [5, 5.41) is 0. The SMILES string of the molecule is C=C(/C=C\C=NC)C(=O)N1CCN(C(c2ccccc2)c2ccccc2)C(Cn2ccccc2=O)C1. The highest BCUT2D eigenvalue weighted by molar-refractivity contribution is 5.96. The van der Waals surface area contributed by atoms with Crippen molar-refractivity contribution in [2.45, 2.75) is 18.6 Å². The fourth-order valence-electron chi connectivity index (χ4n) is 4.76. The normalized spacial score (nSPS) is 16.7. The van der Waals surface area contributed by atoms with Crippen LogP contribution < -0.4 is 5.56 Å². The lowest BCUT2D eigenvalue weighted by Crippen LogP contribution is -2.57. The van der Waals surface area contributed by atoms with Gasteiger partial charge < -0.3 is 9.47 Å². The van der Waals surface area contributed by atoms with Crippen molar-refractivity contribution < 1.29 is 4.79 Å². The number of hydrogen-bond acceptors (Lipinski definition) is 4. The number of benzene rings is 2. The summed E-state index contributed by atoms with van der Waals surface area (Å²) in [7, 11) is 1.68. The highest BCUT2D eigenvalue weighted by Crippen LogP contribution is 2.32. The Balaban J connectivity index is 1.69. The minimum atomic E-state index is -0.100. The molecule has 0 spiro atoms. The zero-order valence-corrected chi connectivity index (χ0v) is 20.6. The van der Waals surface area contributed by atoms with Gasteiger partial charge >= 0.3 is 0 Å². The van der Waals surface area contributed by atoms with Crippen LogP contribution in [0.4, 0.5) is 0 Å². The van der Waals surface area contributed by atoms with Gasteiger partial charge in [-0.15, -0.1) is 0 Å². The number of nitrogens with zero attached hydrogens (tertiary/aromatic N) is 4. The van der Waals surface area contributed by atoms with Gasteiger partial charge in [-0.05, 0) is 29.3 Å². The third-order valence-corrected chi connectivity index (χ3v) is 6.49. The minimum Gasteiger partial charge on any atom is -0.336 e. The van der Waals surface area contributed by atoms with Crippen molar-refractivity contribution in [3.05, 3.63) is 131 Å². The van der Waals surface area contributed by atoms with Crippen LogP contribution in [0, 0.1) is 0 Å². The zero-order valence-electron chi connectivity index (χ0n) is 20.6. The molecule has 1 atom stereocenters. The van der Waals surface area contributed by atoms with Crippen LogP contribution in [-0.4, -0.2) is 59.2 Å². The Hall–Kier alpha value is -4.03. The van der Waals surface area contributed by atoms with Crippen LogP contribution in [0.5, 0.6) is 0 Å². The van der Waals surface area contributed by atoms with Gasteiger partial charge in [0.15, 0.2) is 0 Å². The van der Waals surface area contributed by atoms with Gasteiger partial charge in [-0.2, -0.15) is 0 Å². The molecule has 3 aromatic rings. The fourth-order valence-corrected chi connectivity index (χ4v) is 4.76. The molecular weight excluding hydrogens is 448 g/mol. The van der Waals surface area contributed by atoms with Crippen molar-refractivity contribution in [1.82, 2.24) is 14.4 Å². The third-order valence-electron chi connectivity index (χ3n) is 6.49. The smallest absolute Gasteiger partial charge is 0.253 e. The maximum Gasteiger partial charge on any atom is 0.253 e. The Morgan fingerprint density at radius 2 is 1.64 bits per heavy atom. The van der Waals surface area contributed by atoms with Gasteiger partial charge in [0.2, 0.25) is 0 Å². The number of pyridine rings is 1. The molecular formula is C30H32N4O2. The average molecular weight is 481 g/mol. The maximum atomic E-state index is 13.2. The molecule has 0 radical (unpaired) electrons. The van der Waals surface area contributed by atoms with E-state index < -0.39 is 0 Å². The van der Waals surface area contributed by atoms with Gasteiger partial charge in [-0.25, -0.2) is 0 Å². The Morgan fingerprint density at radius 3 is 2.25 bits per heavy atom. The van der Waals surface area contributed by atoms with Gasteiger partial charge in [0.05, 0.1) is 6.04 Å². The molecule has 0 N–H and O–H groups in total. The Morgan fingerprint density at radius 1 is 1.00 bits per heavy atom. The monoisotopic (exact) mass is 480 g/mol. The van der Waals surface area contributed by atoms with E-state index in [2.05, 4.69) is 65.0 Å². The lowest BCUT2D eigenvalue weighted by atomic mass is 9.94. The topological polar surface area (TPSA) is 57.9 Å². The predicted molar refractivity (Wildman–Crippen MR) is 145 cm³/mol. The van der Waals surface area contributed by atoms with Crippen molar-refractivity contribution in [2.24, 2.45) is 4.99 Å². The van der Waals surface area contributed by atoms with Gasteiger partial charge in [0.25, 0.3) is 11.5 Å². The molecule has 1 aliphatic rings. The molecule has 0 aliphatic carbocycles. The van der Waals surface area contributed by atoms with E-state index in [4.69, 9.17) is 0 Å². The summed E-state index contributed by atoms with van der Waals surface area (Å²) in [4.78, 5) is 34.0. The van der Waals surface area contributed by atoms with E-state index in [-0.39, 0.29) is 23.6 Å². The van der Waals surface area contributed by atoms with Crippen LogP contribution in [0.15, 0.2) is 119 Å². The number of piperazine rings is 1. The van der Waals surface area contributed by atoms with Crippen molar-refractivity contribution in [3.8, 4) is 0 Å². The molecule has 1 aliphatic heterocycles. The van der Waals surface area contributed by atoms with E-state index >= 15 is 0 Å². The highest BCUT2D eigenvalue weighted by atomic mass is 16.2. The van der Waals surface area contributed by atoms with Crippen LogP contribution >= 0.6 is 0 Å². The highest BCUT2D eigenvalue weighted by Gasteiger charge is 2.35. The molecule has 2 heterocycles. The maximum absolute atomic E-state index is 13.2. The molecule has 1 aromatic heterocycles. The van der Waals surface area contributed by atoms with Crippen LogP contribution in [0.2, 0.25) is 0 Å². The molecule has 1 amide bonds. The summed E-state index contributed by atoms with van der Waals surface area (Å²) in [6.07, 6.45) is 6.85. The zero-order chi connectivity index (χ0) is 25.3. The average Bonchev–Trinajstić information content (AvgIpc) is 2.92. The Labute approximate surface area is 212 Å². The number of allylic oxidation sites excluding steroid dienone is 1. The van der Waals surface area contributed by atoms with E-state index in [0.717, 1.165) is 0 Å². The van der Waals surface area contributed by atoms with Crippen LogP contribution in [0.25, 0.3) is 0 Å². The largest absolute Gasteiger partial charge is 0.336 e. The number of aromatic nitrogens is 1. The molecule has 2 aromatic carbocycles. The molecule has 36 heavy (non-hydrogen) atoms. The summed E-state index contributed by atoms with van der Waals surface area (Å²) in [5.41, 5.74) is 2.73. The molecule has 0 saturated carbocycles. The second kappa shape index (κ2) is 12.1. The first-order chi connectivity index (χ1) is 17.6. The first-order valence-corrected chi connectivity index (χ1v) is 12.2. The Bertz CT molecular complexity index is 1240. The van der Waals surface area contributed by atoms with Crippen LogP contribution in [0.1, 0.15) is 17.2 Å². The van der Waals surface area contributed by atoms with Gasteiger partial charge in [0, 0.05) is 63.3 Å². The second-order valence-electron chi connectivity index (χ2n) is 8.85. The number of carbonyl (C=O) groups excluding carboxylic acids is 1. The van der Waals surface area contributed by atoms with Crippen molar-refractivity contribution >= 4 is 12.1 Å². The van der Waals surface area contributed by atoms with E-state index in [9.17, 15) is 9.59 Å². The summed E-state index contributed by atoms with van der Waals surface area (Å²) in [5.74, 6) is -0.100. The van der Waals surface area contributed by atoms with E-state index in [0.29, 0.717) is 31.8 Å². The van der Waals surface area contributed by atoms with Crippen LogP contribution in [0.3, 0.4) is 0 Å². The minimum absolute atomic E-state index is 0.00192. The van der Waals surface area contributed by atoms with Gasteiger partial charge in [-0.3, -0.25) is 19.5 Å². The lowest BCUT2D eigenvalue weighted by Gasteiger charge is -2.46. The summed E-state index contributed by atoms with van der Waals surface area (Å²) < 4.78 is 1.73. The van der Waals surface area contributed by atoms with E-state index in [1.807, 2.05) is 29.3 Å². The standard InChI is InChI=1S/C30H32N4O2/c1-24(12-11-18-31-2)30(36)33-20-21-34(27(23-33)22-32-19-10-9-17-28(32)35)29(25-13-5-3-6-14-25)26-15-7-4-8-16-26/h3-19,27,29H,1,20-23H2,2H3/b12-11-,31-18?. The van der Waals surface area contributed by atoms with Crippen molar-refractivity contribution in [3.63, 3.8) is 0 Å². The quantitative estimate of drug-likeness (QED) is 0.279. The summed E-state index contributed by atoms with van der Waals surface area (Å²) in [6.45, 7) is 6.17. The molecule has 1 unspecified atom stereocenters. The predicted octanol–water partition coefficient (Wildman–Crippen LogP) is 3.96. The molecule has 1 saturated heterocycles. The van der Waals surface area contributed by atoms with Gasteiger partial charge in [-0.1, -0.05) is 73.3 Å². The van der Waals surface area contributed by atoms with Crippen molar-refractivity contribution in [1.29, 1.82) is 0 Å². The number of rotatable bonds is 8. The number of amides is 1. The molecule has 6 heteroatoms. The summed E-state index contributed by atoms with van der Waals surface area (Å²) in [6, 6.07) is 25.9. The molecule has 0 bridgehead atoms. The Kier molecular flexibility index (Phi) is 8.42. The number of hydrogen-bond donors (Lipinski definition) is 0. The molecule has 184 valence electrons. The molecule has 6 nitrogen and oxygen atoms in total. The first kappa shape index (κ1) is 25.1. The van der Waals surface area contributed by atoms with Gasteiger partial charge in [0.1, 0.15) is 0 Å². The van der Waals surface area contributed by atoms with Crippen molar-refractivity contribution in [2.75, 3.05) is 26.7 Å². The molecule has 1 fully saturated rings. The second-order valence-corrected chi connectivity index (χ2v) is 8.85.